The lowest BCUT2D eigenvalue weighted by Crippen LogP contribution is -2.40. The van der Waals surface area contributed by atoms with Crippen LogP contribution in [0.4, 0.5) is 0 Å². The summed E-state index contributed by atoms with van der Waals surface area (Å²) in [7, 11) is 0. The zero-order valence-corrected chi connectivity index (χ0v) is 17.0. The maximum absolute atomic E-state index is 12.1. The maximum Gasteiger partial charge on any atom is 0.309 e. The fourth-order valence-corrected chi connectivity index (χ4v) is 4.04. The Balaban J connectivity index is 4.40. The Bertz CT molecular complexity index is 377. The van der Waals surface area contributed by atoms with Gasteiger partial charge in [-0.05, 0) is 43.4 Å². The van der Waals surface area contributed by atoms with E-state index in [1.165, 1.54) is 0 Å². The molecule has 0 heterocycles. The summed E-state index contributed by atoms with van der Waals surface area (Å²) in [6.45, 7) is 10.6. The average Bonchev–Trinajstić information content (AvgIpc) is 2.47. The molecular formula is C21H40O4. The normalized spacial score (nSPS) is 13.4. The highest BCUT2D eigenvalue weighted by Gasteiger charge is 2.43. The Kier molecular flexibility index (Phi) is 11.8. The van der Waals surface area contributed by atoms with Crippen LogP contribution in [0.25, 0.3) is 0 Å². The fourth-order valence-electron chi connectivity index (χ4n) is 4.04. The number of hydrogen-bond donors (Lipinski definition) is 2. The summed E-state index contributed by atoms with van der Waals surface area (Å²) >= 11 is 0. The van der Waals surface area contributed by atoms with Crippen molar-refractivity contribution in [3.8, 4) is 0 Å². The topological polar surface area (TPSA) is 74.6 Å². The minimum absolute atomic E-state index is 0.182. The molecule has 0 amide bonds. The average molecular weight is 357 g/mol. The van der Waals surface area contributed by atoms with Gasteiger partial charge in [0, 0.05) is 6.42 Å². The Morgan fingerprint density at radius 2 is 1.20 bits per heavy atom. The largest absolute Gasteiger partial charge is 0.481 e. The van der Waals surface area contributed by atoms with E-state index in [0.717, 1.165) is 57.8 Å². The Morgan fingerprint density at radius 1 is 0.760 bits per heavy atom. The van der Waals surface area contributed by atoms with Gasteiger partial charge >= 0.3 is 11.9 Å². The van der Waals surface area contributed by atoms with E-state index in [4.69, 9.17) is 5.11 Å². The standard InChI is InChI=1S/C21H40O4/c1-16(2)14-21(20(24)25,15-17(3)4)18(5)12-10-8-6-7-9-11-13-19(22)23/h16-18H,6-15H2,1-5H3,(H,22,23)(H,24,25). The summed E-state index contributed by atoms with van der Waals surface area (Å²) in [6, 6.07) is 0. The van der Waals surface area contributed by atoms with Crippen molar-refractivity contribution in [3.63, 3.8) is 0 Å². The van der Waals surface area contributed by atoms with E-state index < -0.39 is 17.4 Å². The van der Waals surface area contributed by atoms with E-state index in [2.05, 4.69) is 34.6 Å². The lowest BCUT2D eigenvalue weighted by Gasteiger charge is -2.38. The van der Waals surface area contributed by atoms with Gasteiger partial charge in [0.05, 0.1) is 5.41 Å². The van der Waals surface area contributed by atoms with Crippen molar-refractivity contribution in [3.05, 3.63) is 0 Å². The molecule has 0 fully saturated rings. The molecular weight excluding hydrogens is 316 g/mol. The van der Waals surface area contributed by atoms with E-state index in [0.29, 0.717) is 11.8 Å². The number of aliphatic carboxylic acids is 2. The highest BCUT2D eigenvalue weighted by molar-refractivity contribution is 5.75. The van der Waals surface area contributed by atoms with Gasteiger partial charge in [0.15, 0.2) is 0 Å². The number of carboxylic acid groups (broad SMARTS) is 2. The molecule has 0 saturated carbocycles. The van der Waals surface area contributed by atoms with Crippen molar-refractivity contribution in [2.75, 3.05) is 0 Å². The molecule has 1 unspecified atom stereocenters. The number of carbonyl (C=O) groups is 2. The Morgan fingerprint density at radius 3 is 1.60 bits per heavy atom. The lowest BCUT2D eigenvalue weighted by atomic mass is 9.65. The lowest BCUT2D eigenvalue weighted by molar-refractivity contribution is -0.155. The maximum atomic E-state index is 12.1. The monoisotopic (exact) mass is 356 g/mol. The van der Waals surface area contributed by atoms with Crippen LogP contribution < -0.4 is 0 Å². The van der Waals surface area contributed by atoms with Gasteiger partial charge in [-0.15, -0.1) is 0 Å². The first-order chi connectivity index (χ1) is 11.6. The van der Waals surface area contributed by atoms with Gasteiger partial charge < -0.3 is 10.2 Å². The predicted molar refractivity (Wildman–Crippen MR) is 103 cm³/mol. The van der Waals surface area contributed by atoms with Crippen LogP contribution in [0, 0.1) is 23.2 Å². The molecule has 0 aliphatic rings. The van der Waals surface area contributed by atoms with E-state index in [1.54, 1.807) is 0 Å². The van der Waals surface area contributed by atoms with Gasteiger partial charge in [0.1, 0.15) is 0 Å². The molecule has 0 aromatic carbocycles. The van der Waals surface area contributed by atoms with E-state index in [-0.39, 0.29) is 12.3 Å². The minimum Gasteiger partial charge on any atom is -0.481 e. The second-order valence-electron chi connectivity index (χ2n) is 8.61. The highest BCUT2D eigenvalue weighted by Crippen LogP contribution is 2.43. The molecule has 0 spiro atoms. The van der Waals surface area contributed by atoms with Crippen molar-refractivity contribution in [2.45, 2.75) is 98.8 Å². The molecule has 0 aliphatic carbocycles. The van der Waals surface area contributed by atoms with E-state index >= 15 is 0 Å². The first-order valence-electron chi connectivity index (χ1n) is 10.1. The predicted octanol–water partition coefficient (Wildman–Crippen LogP) is 5.99. The molecule has 4 nitrogen and oxygen atoms in total. The van der Waals surface area contributed by atoms with Crippen molar-refractivity contribution in [1.82, 2.24) is 0 Å². The molecule has 0 rings (SSSR count). The molecule has 148 valence electrons. The number of carboxylic acids is 2. The van der Waals surface area contributed by atoms with Crippen LogP contribution in [-0.4, -0.2) is 22.2 Å². The van der Waals surface area contributed by atoms with Gasteiger partial charge in [0.2, 0.25) is 0 Å². The molecule has 2 N–H and O–H groups in total. The van der Waals surface area contributed by atoms with Crippen LogP contribution in [0.5, 0.6) is 0 Å². The SMILES string of the molecule is CC(C)CC(CC(C)C)(C(=O)O)C(C)CCCCCCCCC(=O)O. The van der Waals surface area contributed by atoms with Gasteiger partial charge in [-0.2, -0.15) is 0 Å². The van der Waals surface area contributed by atoms with Gasteiger partial charge in [0.25, 0.3) is 0 Å². The molecule has 0 aromatic rings. The third-order valence-electron chi connectivity index (χ3n) is 5.19. The van der Waals surface area contributed by atoms with Crippen molar-refractivity contribution >= 4 is 11.9 Å². The number of rotatable bonds is 15. The minimum atomic E-state index is -0.714. The number of hydrogen-bond acceptors (Lipinski definition) is 2. The van der Waals surface area contributed by atoms with Crippen molar-refractivity contribution in [2.24, 2.45) is 23.2 Å². The molecule has 0 radical (unpaired) electrons. The van der Waals surface area contributed by atoms with Crippen LogP contribution in [-0.2, 0) is 9.59 Å². The third kappa shape index (κ3) is 9.86. The Labute approximate surface area is 154 Å². The molecule has 0 aliphatic heterocycles. The van der Waals surface area contributed by atoms with Crippen LogP contribution in [0.15, 0.2) is 0 Å². The zero-order chi connectivity index (χ0) is 19.5. The summed E-state index contributed by atoms with van der Waals surface area (Å²) in [5.74, 6) is -0.398. The van der Waals surface area contributed by atoms with Gasteiger partial charge in [-0.1, -0.05) is 66.7 Å². The molecule has 1 atom stereocenters. The first-order valence-corrected chi connectivity index (χ1v) is 10.1. The fraction of sp³-hybridized carbons (Fsp3) is 0.905. The van der Waals surface area contributed by atoms with E-state index in [1.807, 2.05) is 0 Å². The summed E-state index contributed by atoms with van der Waals surface area (Å²) in [4.78, 5) is 22.6. The molecule has 0 bridgehead atoms. The molecule has 0 aromatic heterocycles. The first kappa shape index (κ1) is 23.9. The number of unbranched alkanes of at least 4 members (excludes halogenated alkanes) is 5. The van der Waals surface area contributed by atoms with E-state index in [9.17, 15) is 14.7 Å². The second-order valence-corrected chi connectivity index (χ2v) is 8.61. The van der Waals surface area contributed by atoms with Crippen molar-refractivity contribution in [1.29, 1.82) is 0 Å². The molecule has 25 heavy (non-hydrogen) atoms. The smallest absolute Gasteiger partial charge is 0.309 e. The van der Waals surface area contributed by atoms with Gasteiger partial charge in [-0.25, -0.2) is 0 Å². The van der Waals surface area contributed by atoms with Crippen LogP contribution in [0.3, 0.4) is 0 Å². The highest BCUT2D eigenvalue weighted by atomic mass is 16.4. The van der Waals surface area contributed by atoms with Crippen LogP contribution in [0.1, 0.15) is 98.8 Å². The molecule has 0 saturated heterocycles. The van der Waals surface area contributed by atoms with Gasteiger partial charge in [-0.3, -0.25) is 9.59 Å². The zero-order valence-electron chi connectivity index (χ0n) is 17.0. The van der Waals surface area contributed by atoms with Crippen molar-refractivity contribution < 1.29 is 19.8 Å². The summed E-state index contributed by atoms with van der Waals surface area (Å²) in [6.07, 6.45) is 8.81. The Hall–Kier alpha value is -1.06. The second kappa shape index (κ2) is 12.3. The third-order valence-corrected chi connectivity index (χ3v) is 5.19. The quantitative estimate of drug-likeness (QED) is 0.353. The summed E-state index contributed by atoms with van der Waals surface area (Å²) < 4.78 is 0. The van der Waals surface area contributed by atoms with Crippen LogP contribution in [0.2, 0.25) is 0 Å². The summed E-state index contributed by atoms with van der Waals surface area (Å²) in [5.41, 5.74) is -0.607. The summed E-state index contributed by atoms with van der Waals surface area (Å²) in [5, 5.41) is 18.6. The molecule has 4 heteroatoms. The van der Waals surface area contributed by atoms with Crippen LogP contribution >= 0.6 is 0 Å².